The molecule has 0 aromatic heterocycles. The van der Waals surface area contributed by atoms with Crippen LogP contribution in [0.3, 0.4) is 0 Å². The third-order valence-corrected chi connectivity index (χ3v) is 2.97. The van der Waals surface area contributed by atoms with Crippen LogP contribution < -0.4 is 0 Å². The molecule has 0 bridgehead atoms. The molecule has 0 aromatic carbocycles. The number of nitrogens with zero attached hydrogens (tertiary/aromatic N) is 1. The second-order valence-electron chi connectivity index (χ2n) is 4.00. The number of ether oxygens (including phenoxy) is 1. The predicted octanol–water partition coefficient (Wildman–Crippen LogP) is 1.83. The number of hydrogen-bond donors (Lipinski definition) is 0. The van der Waals surface area contributed by atoms with E-state index < -0.39 is 0 Å². The molecule has 15 heavy (non-hydrogen) atoms. The second kappa shape index (κ2) is 6.43. The van der Waals surface area contributed by atoms with Crippen LogP contribution in [0.1, 0.15) is 32.1 Å². The Morgan fingerprint density at radius 3 is 2.93 bits per heavy atom. The first-order valence-electron chi connectivity index (χ1n) is 5.54. The number of carbonyl (C=O) groups excluding carboxylic acids is 2. The maximum absolute atomic E-state index is 11.3. The van der Waals surface area contributed by atoms with Crippen LogP contribution >= 0.6 is 0 Å². The molecule has 1 rings (SSSR count). The summed E-state index contributed by atoms with van der Waals surface area (Å²) in [5.41, 5.74) is 0. The lowest BCUT2D eigenvalue weighted by molar-refractivity contribution is -0.108. The fourth-order valence-electron chi connectivity index (χ4n) is 2.07. The van der Waals surface area contributed by atoms with E-state index in [9.17, 15) is 9.59 Å². The molecule has 1 aliphatic rings. The average molecular weight is 213 g/mol. The number of likely N-dealkylation sites (tertiary alicyclic amines) is 1. The number of carbonyl (C=O) groups is 2. The SMILES string of the molecule is COC(=O)N1CCCC(CCC=O)CC1. The van der Waals surface area contributed by atoms with Gasteiger partial charge in [-0.15, -0.1) is 0 Å². The highest BCUT2D eigenvalue weighted by molar-refractivity contribution is 5.67. The fourth-order valence-corrected chi connectivity index (χ4v) is 2.07. The highest BCUT2D eigenvalue weighted by Crippen LogP contribution is 2.21. The van der Waals surface area contributed by atoms with Crippen molar-refractivity contribution in [3.05, 3.63) is 0 Å². The zero-order chi connectivity index (χ0) is 11.1. The van der Waals surface area contributed by atoms with Gasteiger partial charge >= 0.3 is 6.09 Å². The molecule has 0 radical (unpaired) electrons. The van der Waals surface area contributed by atoms with Gasteiger partial charge in [0.2, 0.25) is 0 Å². The summed E-state index contributed by atoms with van der Waals surface area (Å²) in [4.78, 5) is 23.3. The lowest BCUT2D eigenvalue weighted by Gasteiger charge is -2.18. The Bertz CT molecular complexity index is 218. The summed E-state index contributed by atoms with van der Waals surface area (Å²) in [7, 11) is 1.41. The molecule has 1 amide bonds. The quantitative estimate of drug-likeness (QED) is 0.672. The summed E-state index contributed by atoms with van der Waals surface area (Å²) in [5.74, 6) is 0.588. The van der Waals surface area contributed by atoms with Crippen LogP contribution in [0.2, 0.25) is 0 Å². The molecule has 1 aliphatic heterocycles. The van der Waals surface area contributed by atoms with Crippen molar-refractivity contribution in [2.24, 2.45) is 5.92 Å². The molecule has 0 aromatic rings. The zero-order valence-corrected chi connectivity index (χ0v) is 9.28. The summed E-state index contributed by atoms with van der Waals surface area (Å²) in [6.07, 6.45) is 5.46. The van der Waals surface area contributed by atoms with E-state index in [1.807, 2.05) is 0 Å². The van der Waals surface area contributed by atoms with Gasteiger partial charge in [-0.1, -0.05) is 0 Å². The van der Waals surface area contributed by atoms with E-state index in [1.54, 1.807) is 4.90 Å². The van der Waals surface area contributed by atoms with Gasteiger partial charge in [-0.25, -0.2) is 4.79 Å². The molecule has 0 aliphatic carbocycles. The van der Waals surface area contributed by atoms with E-state index in [4.69, 9.17) is 4.74 Å². The zero-order valence-electron chi connectivity index (χ0n) is 9.28. The van der Waals surface area contributed by atoms with Gasteiger partial charge in [0.15, 0.2) is 0 Å². The van der Waals surface area contributed by atoms with Gasteiger partial charge in [-0.3, -0.25) is 0 Å². The summed E-state index contributed by atoms with van der Waals surface area (Å²) in [6, 6.07) is 0. The van der Waals surface area contributed by atoms with E-state index in [1.165, 1.54) is 7.11 Å². The topological polar surface area (TPSA) is 46.6 Å². The molecule has 1 heterocycles. The first-order valence-corrected chi connectivity index (χ1v) is 5.54. The highest BCUT2D eigenvalue weighted by atomic mass is 16.5. The van der Waals surface area contributed by atoms with Crippen LogP contribution in [0.4, 0.5) is 4.79 Å². The lowest BCUT2D eigenvalue weighted by atomic mass is 9.96. The molecule has 1 saturated heterocycles. The Hall–Kier alpha value is -1.06. The first kappa shape index (κ1) is 12.0. The molecular weight excluding hydrogens is 194 g/mol. The largest absolute Gasteiger partial charge is 0.453 e. The summed E-state index contributed by atoms with van der Waals surface area (Å²) >= 11 is 0. The van der Waals surface area contributed by atoms with E-state index in [0.29, 0.717) is 12.3 Å². The van der Waals surface area contributed by atoms with Gasteiger partial charge in [-0.2, -0.15) is 0 Å². The van der Waals surface area contributed by atoms with Crippen molar-refractivity contribution >= 4 is 12.4 Å². The van der Waals surface area contributed by atoms with Crippen molar-refractivity contribution < 1.29 is 14.3 Å². The molecular formula is C11H19NO3. The maximum Gasteiger partial charge on any atom is 0.409 e. The summed E-state index contributed by atoms with van der Waals surface area (Å²) in [5, 5.41) is 0. The molecule has 0 saturated carbocycles. The third-order valence-electron chi connectivity index (χ3n) is 2.97. The minimum absolute atomic E-state index is 0.231. The van der Waals surface area contributed by atoms with E-state index in [2.05, 4.69) is 0 Å². The molecule has 86 valence electrons. The van der Waals surface area contributed by atoms with Gasteiger partial charge in [-0.05, 0) is 31.6 Å². The number of aldehydes is 1. The summed E-state index contributed by atoms with van der Waals surface area (Å²) < 4.78 is 4.69. The fraction of sp³-hybridized carbons (Fsp3) is 0.818. The Kier molecular flexibility index (Phi) is 5.15. The Morgan fingerprint density at radius 2 is 2.27 bits per heavy atom. The van der Waals surface area contributed by atoms with Gasteiger partial charge < -0.3 is 14.4 Å². The summed E-state index contributed by atoms with van der Waals surface area (Å²) in [6.45, 7) is 1.54. The van der Waals surface area contributed by atoms with Gasteiger partial charge in [0.05, 0.1) is 7.11 Å². The average Bonchev–Trinajstić information content (AvgIpc) is 2.50. The Balaban J connectivity index is 2.34. The number of hydrogen-bond acceptors (Lipinski definition) is 3. The number of methoxy groups -OCH3 is 1. The molecule has 1 atom stereocenters. The normalized spacial score (nSPS) is 21.9. The Labute approximate surface area is 90.6 Å². The highest BCUT2D eigenvalue weighted by Gasteiger charge is 2.20. The van der Waals surface area contributed by atoms with Crippen LogP contribution in [0, 0.1) is 5.92 Å². The maximum atomic E-state index is 11.3. The Morgan fingerprint density at radius 1 is 1.47 bits per heavy atom. The van der Waals surface area contributed by atoms with Gasteiger partial charge in [0.1, 0.15) is 6.29 Å². The standard InChI is InChI=1S/C11H19NO3/c1-15-11(14)12-7-2-4-10(6-8-12)5-3-9-13/h9-10H,2-8H2,1H3. The van der Waals surface area contributed by atoms with E-state index >= 15 is 0 Å². The number of rotatable bonds is 3. The second-order valence-corrected chi connectivity index (χ2v) is 4.00. The van der Waals surface area contributed by atoms with Crippen LogP contribution in [0.15, 0.2) is 0 Å². The van der Waals surface area contributed by atoms with E-state index in [0.717, 1.165) is 45.1 Å². The van der Waals surface area contributed by atoms with Crippen molar-refractivity contribution in [2.75, 3.05) is 20.2 Å². The van der Waals surface area contributed by atoms with Crippen molar-refractivity contribution in [2.45, 2.75) is 32.1 Å². The molecule has 1 fully saturated rings. The van der Waals surface area contributed by atoms with Crippen LogP contribution in [0.5, 0.6) is 0 Å². The monoisotopic (exact) mass is 213 g/mol. The van der Waals surface area contributed by atoms with Crippen LogP contribution in [-0.4, -0.2) is 37.5 Å². The minimum Gasteiger partial charge on any atom is -0.453 e. The predicted molar refractivity (Wildman–Crippen MR) is 56.6 cm³/mol. The molecule has 1 unspecified atom stereocenters. The smallest absolute Gasteiger partial charge is 0.409 e. The van der Waals surface area contributed by atoms with Crippen LogP contribution in [-0.2, 0) is 9.53 Å². The van der Waals surface area contributed by atoms with Crippen molar-refractivity contribution in [3.8, 4) is 0 Å². The van der Waals surface area contributed by atoms with Gasteiger partial charge in [0.25, 0.3) is 0 Å². The molecule has 0 spiro atoms. The molecule has 0 N–H and O–H groups in total. The van der Waals surface area contributed by atoms with Crippen molar-refractivity contribution in [1.82, 2.24) is 4.90 Å². The first-order chi connectivity index (χ1) is 7.27. The molecule has 4 heteroatoms. The van der Waals surface area contributed by atoms with Crippen LogP contribution in [0.25, 0.3) is 0 Å². The van der Waals surface area contributed by atoms with Gasteiger partial charge in [0, 0.05) is 19.5 Å². The molecule has 4 nitrogen and oxygen atoms in total. The lowest BCUT2D eigenvalue weighted by Crippen LogP contribution is -2.31. The minimum atomic E-state index is -0.231. The number of amides is 1. The van der Waals surface area contributed by atoms with E-state index in [-0.39, 0.29) is 6.09 Å². The third kappa shape index (κ3) is 3.90. The van der Waals surface area contributed by atoms with Crippen molar-refractivity contribution in [1.29, 1.82) is 0 Å². The van der Waals surface area contributed by atoms with Crippen molar-refractivity contribution in [3.63, 3.8) is 0 Å².